The van der Waals surface area contributed by atoms with Gasteiger partial charge in [0.1, 0.15) is 29.0 Å². The third kappa shape index (κ3) is 5.07. The summed E-state index contributed by atoms with van der Waals surface area (Å²) in [7, 11) is 3.10. The number of likely N-dealkylation sites (tertiary alicyclic amines) is 1. The van der Waals surface area contributed by atoms with E-state index in [2.05, 4.69) is 10.3 Å². The van der Waals surface area contributed by atoms with E-state index in [1.165, 1.54) is 19.4 Å². The first-order valence-corrected chi connectivity index (χ1v) is 9.20. The van der Waals surface area contributed by atoms with Gasteiger partial charge in [0.15, 0.2) is 0 Å². The maximum Gasteiger partial charge on any atom is 0.322 e. The number of aromatic nitrogens is 1. The molecule has 9 heteroatoms. The maximum absolute atomic E-state index is 12.7. The van der Waals surface area contributed by atoms with Crippen molar-refractivity contribution in [3.63, 3.8) is 0 Å². The third-order valence-corrected chi connectivity index (χ3v) is 4.60. The van der Waals surface area contributed by atoms with Crippen molar-refractivity contribution >= 4 is 17.6 Å². The zero-order chi connectivity index (χ0) is 20.8. The number of nitrogens with zero attached hydrogens (tertiary/aromatic N) is 2. The number of benzene rings is 1. The van der Waals surface area contributed by atoms with Gasteiger partial charge in [-0.3, -0.25) is 9.78 Å². The molecule has 0 aliphatic carbocycles. The summed E-state index contributed by atoms with van der Waals surface area (Å²) in [5, 5.41) is 2.87. The van der Waals surface area contributed by atoms with E-state index in [9.17, 15) is 9.59 Å². The number of methoxy groups -OCH3 is 2. The van der Waals surface area contributed by atoms with Crippen molar-refractivity contribution in [2.45, 2.75) is 18.9 Å². The third-order valence-electron chi connectivity index (χ3n) is 4.60. The van der Waals surface area contributed by atoms with Gasteiger partial charge in [0.05, 0.1) is 26.5 Å². The van der Waals surface area contributed by atoms with Gasteiger partial charge in [0.2, 0.25) is 0 Å². The molecule has 1 saturated heterocycles. The Hall–Kier alpha value is -3.49. The van der Waals surface area contributed by atoms with E-state index >= 15 is 0 Å². The molecule has 0 spiro atoms. The number of carbonyl (C=O) groups excluding carboxylic acids is 2. The van der Waals surface area contributed by atoms with Gasteiger partial charge < -0.3 is 30.2 Å². The molecule has 154 valence electrons. The van der Waals surface area contributed by atoms with E-state index in [1.807, 2.05) is 0 Å². The highest BCUT2D eigenvalue weighted by Crippen LogP contribution is 2.29. The zero-order valence-electron chi connectivity index (χ0n) is 16.4. The molecule has 2 heterocycles. The molecule has 29 heavy (non-hydrogen) atoms. The maximum atomic E-state index is 12.7. The summed E-state index contributed by atoms with van der Waals surface area (Å²) in [6, 6.07) is 8.11. The number of nitrogens with one attached hydrogen (secondary N) is 1. The largest absolute Gasteiger partial charge is 0.497 e. The van der Waals surface area contributed by atoms with Crippen molar-refractivity contribution in [1.29, 1.82) is 0 Å². The second-order valence-electron chi connectivity index (χ2n) is 6.57. The molecular formula is C20H24N4O5. The molecule has 9 nitrogen and oxygen atoms in total. The Morgan fingerprint density at radius 1 is 1.17 bits per heavy atom. The summed E-state index contributed by atoms with van der Waals surface area (Å²) in [4.78, 5) is 29.6. The minimum Gasteiger partial charge on any atom is -0.497 e. The molecule has 1 aromatic heterocycles. The molecular weight excluding hydrogens is 376 g/mol. The smallest absolute Gasteiger partial charge is 0.322 e. The molecule has 1 unspecified atom stereocenters. The molecule has 1 fully saturated rings. The fraction of sp³-hybridized carbons (Fsp3) is 0.350. The number of hydrogen-bond acceptors (Lipinski definition) is 6. The topological polar surface area (TPSA) is 116 Å². The number of hydrogen-bond donors (Lipinski definition) is 2. The fourth-order valence-electron chi connectivity index (χ4n) is 3.13. The lowest BCUT2D eigenvalue weighted by atomic mass is 10.1. The van der Waals surface area contributed by atoms with Crippen LogP contribution in [0.5, 0.6) is 17.2 Å². The number of amides is 3. The summed E-state index contributed by atoms with van der Waals surface area (Å²) in [5.74, 6) is 1.03. The zero-order valence-corrected chi connectivity index (χ0v) is 16.4. The SMILES string of the molecule is COc1ccc(NC(=O)N2CCCC(Oc3ccnc(C(N)=O)c3)C2)c(OC)c1. The lowest BCUT2D eigenvalue weighted by Gasteiger charge is -2.33. The minimum absolute atomic E-state index is 0.138. The number of nitrogens with two attached hydrogens (primary N) is 1. The molecule has 1 atom stereocenters. The molecule has 3 rings (SSSR count). The van der Waals surface area contributed by atoms with Crippen molar-refractivity contribution < 1.29 is 23.8 Å². The Morgan fingerprint density at radius 3 is 2.72 bits per heavy atom. The average Bonchev–Trinajstić information content (AvgIpc) is 2.74. The number of piperidine rings is 1. The van der Waals surface area contributed by atoms with Crippen LogP contribution in [0.1, 0.15) is 23.3 Å². The molecule has 2 aromatic rings. The van der Waals surface area contributed by atoms with E-state index in [1.54, 1.807) is 36.3 Å². The first-order valence-electron chi connectivity index (χ1n) is 9.20. The highest BCUT2D eigenvalue weighted by Gasteiger charge is 2.26. The molecule has 1 aliphatic heterocycles. The second-order valence-corrected chi connectivity index (χ2v) is 6.57. The quantitative estimate of drug-likeness (QED) is 0.768. The van der Waals surface area contributed by atoms with Crippen LogP contribution in [0.4, 0.5) is 10.5 Å². The van der Waals surface area contributed by atoms with Gasteiger partial charge in [0, 0.05) is 24.9 Å². The van der Waals surface area contributed by atoms with E-state index in [0.29, 0.717) is 36.0 Å². The summed E-state index contributed by atoms with van der Waals surface area (Å²) in [6.45, 7) is 1.03. The monoisotopic (exact) mass is 400 g/mol. The van der Waals surface area contributed by atoms with E-state index in [0.717, 1.165) is 12.8 Å². The first kappa shape index (κ1) is 20.2. The van der Waals surface area contributed by atoms with Crippen molar-refractivity contribution in [2.24, 2.45) is 5.73 Å². The van der Waals surface area contributed by atoms with Gasteiger partial charge in [-0.1, -0.05) is 0 Å². The van der Waals surface area contributed by atoms with Crippen molar-refractivity contribution in [2.75, 3.05) is 32.6 Å². The molecule has 0 radical (unpaired) electrons. The molecule has 3 N–H and O–H groups in total. The van der Waals surface area contributed by atoms with Crippen LogP contribution in [0.15, 0.2) is 36.5 Å². The number of urea groups is 1. The highest BCUT2D eigenvalue weighted by molar-refractivity contribution is 5.91. The van der Waals surface area contributed by atoms with E-state index < -0.39 is 5.91 Å². The lowest BCUT2D eigenvalue weighted by molar-refractivity contribution is 0.0989. The fourth-order valence-corrected chi connectivity index (χ4v) is 3.13. The standard InChI is InChI=1S/C20H24N4O5/c1-27-13-5-6-16(18(11-13)28-2)23-20(26)24-9-3-4-15(12-24)29-14-7-8-22-17(10-14)19(21)25/h5-8,10-11,15H,3-4,9,12H2,1-2H3,(H2,21,25)(H,23,26). The Bertz CT molecular complexity index is 889. The van der Waals surface area contributed by atoms with Crippen LogP contribution in [0.2, 0.25) is 0 Å². The van der Waals surface area contributed by atoms with Crippen molar-refractivity contribution in [3.8, 4) is 17.2 Å². The van der Waals surface area contributed by atoms with Crippen LogP contribution in [0.25, 0.3) is 0 Å². The highest BCUT2D eigenvalue weighted by atomic mass is 16.5. The number of rotatable bonds is 6. The second kappa shape index (κ2) is 9.13. The van der Waals surface area contributed by atoms with Crippen LogP contribution in [-0.2, 0) is 0 Å². The number of carbonyl (C=O) groups is 2. The van der Waals surface area contributed by atoms with Gasteiger partial charge in [0.25, 0.3) is 5.91 Å². The van der Waals surface area contributed by atoms with Crippen molar-refractivity contribution in [1.82, 2.24) is 9.88 Å². The Kier molecular flexibility index (Phi) is 6.38. The van der Waals surface area contributed by atoms with Gasteiger partial charge in [-0.15, -0.1) is 0 Å². The van der Waals surface area contributed by atoms with Crippen LogP contribution < -0.4 is 25.3 Å². The summed E-state index contributed by atoms with van der Waals surface area (Å²) < 4.78 is 16.4. The van der Waals surface area contributed by atoms with Gasteiger partial charge >= 0.3 is 6.03 Å². The molecule has 0 bridgehead atoms. The normalized spacial score (nSPS) is 16.1. The van der Waals surface area contributed by atoms with Crippen molar-refractivity contribution in [3.05, 3.63) is 42.2 Å². The number of pyridine rings is 1. The Morgan fingerprint density at radius 2 is 2.00 bits per heavy atom. The molecule has 0 saturated carbocycles. The molecule has 3 amide bonds. The number of primary amides is 1. The summed E-state index contributed by atoms with van der Waals surface area (Å²) >= 11 is 0. The Labute approximate surface area is 168 Å². The first-order chi connectivity index (χ1) is 14.0. The summed E-state index contributed by atoms with van der Waals surface area (Å²) in [5.41, 5.74) is 5.95. The van der Waals surface area contributed by atoms with Crippen LogP contribution >= 0.6 is 0 Å². The number of ether oxygens (including phenoxy) is 3. The van der Waals surface area contributed by atoms with Crippen LogP contribution in [0, 0.1) is 0 Å². The number of anilines is 1. The predicted octanol–water partition coefficient (Wildman–Crippen LogP) is 2.27. The van der Waals surface area contributed by atoms with Gasteiger partial charge in [-0.05, 0) is 31.0 Å². The van der Waals surface area contributed by atoms with E-state index in [4.69, 9.17) is 19.9 Å². The Balaban J connectivity index is 1.64. The van der Waals surface area contributed by atoms with E-state index in [-0.39, 0.29) is 17.8 Å². The van der Waals surface area contributed by atoms with Gasteiger partial charge in [-0.2, -0.15) is 0 Å². The van der Waals surface area contributed by atoms with Crippen LogP contribution in [-0.4, -0.2) is 55.2 Å². The molecule has 1 aliphatic rings. The average molecular weight is 400 g/mol. The molecule has 1 aromatic carbocycles. The summed E-state index contributed by atoms with van der Waals surface area (Å²) in [6.07, 6.45) is 2.86. The predicted molar refractivity (Wildman–Crippen MR) is 107 cm³/mol. The lowest BCUT2D eigenvalue weighted by Crippen LogP contribution is -2.46. The van der Waals surface area contributed by atoms with Crippen LogP contribution in [0.3, 0.4) is 0 Å². The van der Waals surface area contributed by atoms with Gasteiger partial charge in [-0.25, -0.2) is 4.79 Å². The minimum atomic E-state index is -0.617.